The highest BCUT2D eigenvalue weighted by atomic mass is 16.5. The third-order valence-electron chi connectivity index (χ3n) is 3.86. The molecule has 0 unspecified atom stereocenters. The zero-order chi connectivity index (χ0) is 15.5. The Kier molecular flexibility index (Phi) is 4.24. The first-order valence-electron chi connectivity index (χ1n) is 7.56. The number of nitrogens with one attached hydrogen (secondary N) is 2. The van der Waals surface area contributed by atoms with E-state index in [-0.39, 0.29) is 0 Å². The Labute approximate surface area is 130 Å². The lowest BCUT2D eigenvalue weighted by molar-refractivity contribution is 0.122. The average Bonchev–Trinajstić information content (AvgIpc) is 2.84. The molecule has 0 bridgehead atoms. The van der Waals surface area contributed by atoms with Crippen LogP contribution in [0.15, 0.2) is 6.07 Å². The SMILES string of the molecule is Cc1cc(NCc2c(C)n[nH]c2C)nc(N2CCOCC2)n1. The number of morpholine rings is 1. The molecule has 2 aromatic rings. The van der Waals surface area contributed by atoms with Crippen LogP contribution in [-0.4, -0.2) is 46.5 Å². The number of ether oxygens (including phenoxy) is 1. The van der Waals surface area contributed by atoms with Crippen LogP contribution >= 0.6 is 0 Å². The molecule has 0 atom stereocenters. The number of rotatable bonds is 4. The minimum absolute atomic E-state index is 0.702. The summed E-state index contributed by atoms with van der Waals surface area (Å²) in [5.74, 6) is 1.61. The molecule has 0 radical (unpaired) electrons. The van der Waals surface area contributed by atoms with Gasteiger partial charge in [-0.15, -0.1) is 0 Å². The number of hydrogen-bond acceptors (Lipinski definition) is 6. The molecule has 7 heteroatoms. The van der Waals surface area contributed by atoms with Gasteiger partial charge in [-0.25, -0.2) is 4.98 Å². The van der Waals surface area contributed by atoms with Crippen molar-refractivity contribution in [1.82, 2.24) is 20.2 Å². The molecule has 0 spiro atoms. The number of aromatic amines is 1. The van der Waals surface area contributed by atoms with Gasteiger partial charge in [0.15, 0.2) is 0 Å². The van der Waals surface area contributed by atoms with Crippen molar-refractivity contribution in [2.45, 2.75) is 27.3 Å². The van der Waals surface area contributed by atoms with Gasteiger partial charge in [-0.2, -0.15) is 10.1 Å². The van der Waals surface area contributed by atoms with Crippen LogP contribution in [0.5, 0.6) is 0 Å². The molecule has 1 fully saturated rings. The lowest BCUT2D eigenvalue weighted by Gasteiger charge is -2.27. The Morgan fingerprint density at radius 2 is 2.00 bits per heavy atom. The van der Waals surface area contributed by atoms with Crippen LogP contribution in [0, 0.1) is 20.8 Å². The second-order valence-electron chi connectivity index (χ2n) is 5.56. The van der Waals surface area contributed by atoms with Crippen LogP contribution in [0.4, 0.5) is 11.8 Å². The molecule has 2 N–H and O–H groups in total. The number of nitrogens with zero attached hydrogens (tertiary/aromatic N) is 4. The fourth-order valence-electron chi connectivity index (χ4n) is 2.56. The smallest absolute Gasteiger partial charge is 0.227 e. The Morgan fingerprint density at radius 1 is 1.23 bits per heavy atom. The molecule has 1 aliphatic heterocycles. The van der Waals surface area contributed by atoms with Gasteiger partial charge in [0, 0.05) is 42.7 Å². The standard InChI is InChI=1S/C15H22N6O/c1-10-8-14(16-9-13-11(2)19-20-12(13)3)18-15(17-10)21-4-6-22-7-5-21/h8H,4-7,9H2,1-3H3,(H,19,20)(H,16,17,18). The summed E-state index contributed by atoms with van der Waals surface area (Å²) in [4.78, 5) is 11.3. The highest BCUT2D eigenvalue weighted by molar-refractivity contribution is 5.44. The second kappa shape index (κ2) is 6.31. The summed E-state index contributed by atoms with van der Waals surface area (Å²) in [5, 5.41) is 10.6. The van der Waals surface area contributed by atoms with Crippen LogP contribution < -0.4 is 10.2 Å². The zero-order valence-electron chi connectivity index (χ0n) is 13.3. The largest absolute Gasteiger partial charge is 0.378 e. The molecule has 3 heterocycles. The molecule has 0 saturated carbocycles. The maximum absolute atomic E-state index is 5.38. The first-order chi connectivity index (χ1) is 10.6. The molecule has 0 amide bonds. The normalized spacial score (nSPS) is 15.1. The van der Waals surface area contributed by atoms with Crippen LogP contribution in [0.2, 0.25) is 0 Å². The molecule has 2 aromatic heterocycles. The number of aromatic nitrogens is 4. The summed E-state index contributed by atoms with van der Waals surface area (Å²) in [7, 11) is 0. The highest BCUT2D eigenvalue weighted by Gasteiger charge is 2.15. The summed E-state index contributed by atoms with van der Waals surface area (Å²) < 4.78 is 5.38. The van der Waals surface area contributed by atoms with E-state index < -0.39 is 0 Å². The lowest BCUT2D eigenvalue weighted by atomic mass is 10.2. The first-order valence-corrected chi connectivity index (χ1v) is 7.56. The van der Waals surface area contributed by atoms with E-state index in [0.717, 1.165) is 55.2 Å². The van der Waals surface area contributed by atoms with E-state index in [4.69, 9.17) is 4.74 Å². The van der Waals surface area contributed by atoms with Gasteiger partial charge in [0.1, 0.15) is 5.82 Å². The Morgan fingerprint density at radius 3 is 2.68 bits per heavy atom. The number of hydrogen-bond donors (Lipinski definition) is 2. The van der Waals surface area contributed by atoms with E-state index in [1.54, 1.807) is 0 Å². The maximum atomic E-state index is 5.38. The van der Waals surface area contributed by atoms with Crippen molar-refractivity contribution in [1.29, 1.82) is 0 Å². The van der Waals surface area contributed by atoms with Gasteiger partial charge in [-0.1, -0.05) is 0 Å². The van der Waals surface area contributed by atoms with Gasteiger partial charge in [0.2, 0.25) is 5.95 Å². The van der Waals surface area contributed by atoms with E-state index in [2.05, 4.69) is 30.4 Å². The predicted molar refractivity (Wildman–Crippen MR) is 85.2 cm³/mol. The van der Waals surface area contributed by atoms with E-state index in [0.29, 0.717) is 6.54 Å². The summed E-state index contributed by atoms with van der Waals surface area (Å²) in [6.45, 7) is 9.86. The van der Waals surface area contributed by atoms with E-state index in [9.17, 15) is 0 Å². The van der Waals surface area contributed by atoms with Gasteiger partial charge in [-0.05, 0) is 20.8 Å². The van der Waals surface area contributed by atoms with Gasteiger partial charge < -0.3 is 15.0 Å². The van der Waals surface area contributed by atoms with Crippen molar-refractivity contribution in [3.63, 3.8) is 0 Å². The van der Waals surface area contributed by atoms with E-state index in [1.807, 2.05) is 26.8 Å². The average molecular weight is 302 g/mol. The van der Waals surface area contributed by atoms with Crippen LogP contribution in [0.3, 0.4) is 0 Å². The van der Waals surface area contributed by atoms with Crippen molar-refractivity contribution >= 4 is 11.8 Å². The molecule has 118 valence electrons. The molecule has 22 heavy (non-hydrogen) atoms. The number of H-pyrrole nitrogens is 1. The monoisotopic (exact) mass is 302 g/mol. The molecular formula is C15H22N6O. The third kappa shape index (κ3) is 3.19. The maximum Gasteiger partial charge on any atom is 0.227 e. The van der Waals surface area contributed by atoms with Crippen LogP contribution in [0.1, 0.15) is 22.6 Å². The Balaban J connectivity index is 1.74. The molecule has 7 nitrogen and oxygen atoms in total. The highest BCUT2D eigenvalue weighted by Crippen LogP contribution is 2.17. The van der Waals surface area contributed by atoms with Gasteiger partial charge in [-0.3, -0.25) is 5.10 Å². The minimum Gasteiger partial charge on any atom is -0.378 e. The quantitative estimate of drug-likeness (QED) is 0.892. The molecule has 1 aliphatic rings. The summed E-state index contributed by atoms with van der Waals surface area (Å²) >= 11 is 0. The number of anilines is 2. The van der Waals surface area contributed by atoms with Crippen molar-refractivity contribution < 1.29 is 4.74 Å². The molecule has 0 aliphatic carbocycles. The van der Waals surface area contributed by atoms with Crippen molar-refractivity contribution in [3.8, 4) is 0 Å². The van der Waals surface area contributed by atoms with Gasteiger partial charge in [0.05, 0.1) is 18.9 Å². The van der Waals surface area contributed by atoms with Crippen LogP contribution in [-0.2, 0) is 11.3 Å². The second-order valence-corrected chi connectivity index (χ2v) is 5.56. The first kappa shape index (κ1) is 14.8. The van der Waals surface area contributed by atoms with Gasteiger partial charge >= 0.3 is 0 Å². The summed E-state index contributed by atoms with van der Waals surface area (Å²) in [6.07, 6.45) is 0. The van der Waals surface area contributed by atoms with Crippen molar-refractivity contribution in [3.05, 3.63) is 28.7 Å². The minimum atomic E-state index is 0.702. The Hall–Kier alpha value is -2.15. The molecule has 3 rings (SSSR count). The van der Waals surface area contributed by atoms with E-state index >= 15 is 0 Å². The van der Waals surface area contributed by atoms with Crippen molar-refractivity contribution in [2.75, 3.05) is 36.5 Å². The summed E-state index contributed by atoms with van der Waals surface area (Å²) in [6, 6.07) is 1.97. The lowest BCUT2D eigenvalue weighted by Crippen LogP contribution is -2.37. The van der Waals surface area contributed by atoms with Crippen molar-refractivity contribution in [2.24, 2.45) is 0 Å². The Bertz CT molecular complexity index is 628. The van der Waals surface area contributed by atoms with Gasteiger partial charge in [0.25, 0.3) is 0 Å². The molecular weight excluding hydrogens is 280 g/mol. The molecule has 1 saturated heterocycles. The summed E-state index contributed by atoms with van der Waals surface area (Å²) in [5.41, 5.74) is 4.25. The third-order valence-corrected chi connectivity index (χ3v) is 3.86. The topological polar surface area (TPSA) is 79.0 Å². The fraction of sp³-hybridized carbons (Fsp3) is 0.533. The molecule has 0 aromatic carbocycles. The van der Waals surface area contributed by atoms with Crippen LogP contribution in [0.25, 0.3) is 0 Å². The fourth-order valence-corrected chi connectivity index (χ4v) is 2.56. The number of aryl methyl sites for hydroxylation is 3. The predicted octanol–water partition coefficient (Wildman–Crippen LogP) is 1.57. The zero-order valence-corrected chi connectivity index (χ0v) is 13.3. The van der Waals surface area contributed by atoms with E-state index in [1.165, 1.54) is 5.56 Å².